The maximum Gasteiger partial charge on any atom is 0.123 e. The molecule has 12 heavy (non-hydrogen) atoms. The van der Waals surface area contributed by atoms with Crippen LogP contribution < -0.4 is 5.32 Å². The Morgan fingerprint density at radius 3 is 2.58 bits per heavy atom. The quantitative estimate of drug-likeness (QED) is 0.543. The zero-order chi connectivity index (χ0) is 9.19. The highest BCUT2D eigenvalue weighted by Gasteiger charge is 2.54. The molecule has 1 N–H and O–H groups in total. The molecule has 0 spiro atoms. The summed E-state index contributed by atoms with van der Waals surface area (Å²) in [7, 11) is 0. The molecule has 1 rings (SSSR count). The van der Waals surface area contributed by atoms with E-state index in [0.29, 0.717) is 12.0 Å². The first-order valence-corrected chi connectivity index (χ1v) is 5.44. The lowest BCUT2D eigenvalue weighted by Gasteiger charge is -2.13. The molecule has 0 aromatic carbocycles. The van der Waals surface area contributed by atoms with Crippen molar-refractivity contribution in [1.82, 2.24) is 5.32 Å². The second kappa shape index (κ2) is 4.17. The molecule has 72 valence electrons. The Hall–Kier alpha value is 0.540. The molecule has 0 aromatic heterocycles. The Morgan fingerprint density at radius 1 is 1.58 bits per heavy atom. The third kappa shape index (κ3) is 2.79. The molecule has 1 aliphatic carbocycles. The molecule has 0 radical (unpaired) electrons. The summed E-state index contributed by atoms with van der Waals surface area (Å²) in [6.45, 7) is 5.43. The molecule has 1 nitrogen and oxygen atoms in total. The lowest BCUT2D eigenvalue weighted by atomic mass is 10.2. The molecule has 0 heterocycles. The zero-order valence-corrected chi connectivity index (χ0v) is 9.25. The minimum Gasteiger partial charge on any atom is -0.314 e. The van der Waals surface area contributed by atoms with Crippen LogP contribution in [0.2, 0.25) is 0 Å². The van der Waals surface area contributed by atoms with Gasteiger partial charge in [0.2, 0.25) is 0 Å². The van der Waals surface area contributed by atoms with Gasteiger partial charge in [-0.2, -0.15) is 0 Å². The Labute approximate surface area is 84.8 Å². The number of alkyl halides is 2. The van der Waals surface area contributed by atoms with E-state index in [1.807, 2.05) is 0 Å². The molecule has 3 heteroatoms. The van der Waals surface area contributed by atoms with Crippen LogP contribution in [0, 0.1) is 5.92 Å². The largest absolute Gasteiger partial charge is 0.314 e. The van der Waals surface area contributed by atoms with Gasteiger partial charge in [-0.15, -0.1) is 23.2 Å². The maximum atomic E-state index is 5.94. The third-order valence-corrected chi connectivity index (χ3v) is 3.34. The lowest BCUT2D eigenvalue weighted by molar-refractivity contribution is 0.485. The molecule has 0 saturated heterocycles. The Bertz CT molecular complexity index is 147. The SMILES string of the molecule is CCCCNC(C)C1CC1(Cl)Cl. The van der Waals surface area contributed by atoms with Gasteiger partial charge in [-0.25, -0.2) is 0 Å². The van der Waals surface area contributed by atoms with Crippen LogP contribution in [-0.4, -0.2) is 16.9 Å². The van der Waals surface area contributed by atoms with Crippen molar-refractivity contribution in [2.24, 2.45) is 5.92 Å². The molecule has 0 aliphatic heterocycles. The fourth-order valence-electron chi connectivity index (χ4n) is 1.43. The van der Waals surface area contributed by atoms with Crippen molar-refractivity contribution in [1.29, 1.82) is 0 Å². The second-order valence-corrected chi connectivity index (χ2v) is 5.21. The molecule has 1 fully saturated rings. The Kier molecular flexibility index (Phi) is 3.69. The smallest absolute Gasteiger partial charge is 0.123 e. The monoisotopic (exact) mass is 209 g/mol. The number of rotatable bonds is 5. The van der Waals surface area contributed by atoms with Crippen LogP contribution >= 0.6 is 23.2 Å². The lowest BCUT2D eigenvalue weighted by Crippen LogP contribution is -2.30. The van der Waals surface area contributed by atoms with Gasteiger partial charge in [0.05, 0.1) is 0 Å². The van der Waals surface area contributed by atoms with Gasteiger partial charge in [-0.05, 0) is 26.3 Å². The minimum atomic E-state index is -0.432. The molecule has 1 aliphatic rings. The predicted molar refractivity (Wildman–Crippen MR) is 54.9 cm³/mol. The predicted octanol–water partition coefficient (Wildman–Crippen LogP) is 2.96. The van der Waals surface area contributed by atoms with E-state index < -0.39 is 4.33 Å². The van der Waals surface area contributed by atoms with Crippen LogP contribution in [-0.2, 0) is 0 Å². The van der Waals surface area contributed by atoms with Crippen LogP contribution in [0.1, 0.15) is 33.1 Å². The van der Waals surface area contributed by atoms with Crippen LogP contribution in [0.15, 0.2) is 0 Å². The van der Waals surface area contributed by atoms with E-state index in [4.69, 9.17) is 23.2 Å². The third-order valence-electron chi connectivity index (χ3n) is 2.47. The summed E-state index contributed by atoms with van der Waals surface area (Å²) in [5.74, 6) is 0.456. The van der Waals surface area contributed by atoms with E-state index in [9.17, 15) is 0 Å². The van der Waals surface area contributed by atoms with E-state index in [2.05, 4.69) is 19.2 Å². The molecule has 0 amide bonds. The van der Waals surface area contributed by atoms with E-state index >= 15 is 0 Å². The van der Waals surface area contributed by atoms with Crippen molar-refractivity contribution >= 4 is 23.2 Å². The first kappa shape index (κ1) is 10.6. The highest BCUT2D eigenvalue weighted by Crippen LogP contribution is 2.54. The van der Waals surface area contributed by atoms with E-state index in [0.717, 1.165) is 13.0 Å². The highest BCUT2D eigenvalue weighted by molar-refractivity contribution is 6.50. The topological polar surface area (TPSA) is 12.0 Å². The minimum absolute atomic E-state index is 0.432. The fourth-order valence-corrected chi connectivity index (χ4v) is 2.14. The molecular weight excluding hydrogens is 193 g/mol. The van der Waals surface area contributed by atoms with Gasteiger partial charge >= 0.3 is 0 Å². The summed E-state index contributed by atoms with van der Waals surface area (Å²) in [5.41, 5.74) is 0. The van der Waals surface area contributed by atoms with Gasteiger partial charge in [-0.1, -0.05) is 13.3 Å². The maximum absolute atomic E-state index is 5.94. The molecule has 0 bridgehead atoms. The average molecular weight is 210 g/mol. The summed E-state index contributed by atoms with van der Waals surface area (Å²) in [5, 5.41) is 3.43. The summed E-state index contributed by atoms with van der Waals surface area (Å²) < 4.78 is -0.432. The summed E-state index contributed by atoms with van der Waals surface area (Å²) in [6.07, 6.45) is 3.41. The van der Waals surface area contributed by atoms with Crippen molar-refractivity contribution in [2.75, 3.05) is 6.54 Å². The van der Waals surface area contributed by atoms with Gasteiger partial charge in [0, 0.05) is 12.0 Å². The van der Waals surface area contributed by atoms with Crippen LogP contribution in [0.25, 0.3) is 0 Å². The standard InChI is InChI=1S/C9H17Cl2N/c1-3-4-5-12-7(2)8-6-9(8,10)11/h7-8,12H,3-6H2,1-2H3. The number of hydrogen-bond acceptors (Lipinski definition) is 1. The molecular formula is C9H17Cl2N. The van der Waals surface area contributed by atoms with Crippen LogP contribution in [0.4, 0.5) is 0 Å². The van der Waals surface area contributed by atoms with Crippen molar-refractivity contribution < 1.29 is 0 Å². The van der Waals surface area contributed by atoms with Crippen molar-refractivity contribution in [3.8, 4) is 0 Å². The summed E-state index contributed by atoms with van der Waals surface area (Å²) in [4.78, 5) is 0. The van der Waals surface area contributed by atoms with E-state index in [1.54, 1.807) is 0 Å². The number of unbranched alkanes of at least 4 members (excludes halogenated alkanes) is 1. The summed E-state index contributed by atoms with van der Waals surface area (Å²) in [6, 6.07) is 0.464. The first-order valence-electron chi connectivity index (χ1n) is 4.69. The van der Waals surface area contributed by atoms with Crippen molar-refractivity contribution in [3.05, 3.63) is 0 Å². The van der Waals surface area contributed by atoms with Gasteiger partial charge in [0.15, 0.2) is 0 Å². The van der Waals surface area contributed by atoms with Gasteiger partial charge in [0.1, 0.15) is 4.33 Å². The number of nitrogens with one attached hydrogen (secondary N) is 1. The van der Waals surface area contributed by atoms with Crippen molar-refractivity contribution in [3.63, 3.8) is 0 Å². The van der Waals surface area contributed by atoms with Gasteiger partial charge < -0.3 is 5.32 Å². The van der Waals surface area contributed by atoms with Crippen LogP contribution in [0.5, 0.6) is 0 Å². The number of hydrogen-bond donors (Lipinski definition) is 1. The molecule has 0 aromatic rings. The molecule has 2 unspecified atom stereocenters. The van der Waals surface area contributed by atoms with E-state index in [-0.39, 0.29) is 0 Å². The summed E-state index contributed by atoms with van der Waals surface area (Å²) >= 11 is 11.9. The first-order chi connectivity index (χ1) is 5.58. The van der Waals surface area contributed by atoms with Crippen molar-refractivity contribution in [2.45, 2.75) is 43.5 Å². The zero-order valence-electron chi connectivity index (χ0n) is 7.74. The normalized spacial score (nSPS) is 28.5. The average Bonchev–Trinajstić information content (AvgIpc) is 2.60. The van der Waals surface area contributed by atoms with Crippen LogP contribution in [0.3, 0.4) is 0 Å². The number of halogens is 2. The Morgan fingerprint density at radius 2 is 2.17 bits per heavy atom. The van der Waals surface area contributed by atoms with E-state index in [1.165, 1.54) is 12.8 Å². The molecule has 1 saturated carbocycles. The molecule has 2 atom stereocenters. The Balaban J connectivity index is 2.09. The fraction of sp³-hybridized carbons (Fsp3) is 1.00. The second-order valence-electron chi connectivity index (χ2n) is 3.67. The highest BCUT2D eigenvalue weighted by atomic mass is 35.5. The van der Waals surface area contributed by atoms with Gasteiger partial charge in [-0.3, -0.25) is 0 Å². The van der Waals surface area contributed by atoms with Gasteiger partial charge in [0.25, 0.3) is 0 Å².